The molecule has 0 bridgehead atoms. The third-order valence-electron chi connectivity index (χ3n) is 6.74. The number of sulfonamides is 1. The van der Waals surface area contributed by atoms with Crippen molar-refractivity contribution in [1.29, 1.82) is 0 Å². The van der Waals surface area contributed by atoms with Gasteiger partial charge in [0.25, 0.3) is 10.0 Å². The highest BCUT2D eigenvalue weighted by Gasteiger charge is 2.28. The van der Waals surface area contributed by atoms with E-state index in [2.05, 4.69) is 16.3 Å². The molecule has 3 aromatic carbocycles. The number of hydrogen-bond donors (Lipinski definition) is 1. The second kappa shape index (κ2) is 12.3. The number of amides is 1. The zero-order valence-corrected chi connectivity index (χ0v) is 23.0. The number of ether oxygens (including phenoxy) is 2. The summed E-state index contributed by atoms with van der Waals surface area (Å²) in [6.07, 6.45) is 2.42. The summed E-state index contributed by atoms with van der Waals surface area (Å²) in [5.74, 6) is 0.416. The maximum absolute atomic E-state index is 13.7. The first-order valence-electron chi connectivity index (χ1n) is 12.7. The van der Waals surface area contributed by atoms with Crippen molar-refractivity contribution in [3.63, 3.8) is 0 Å². The van der Waals surface area contributed by atoms with Crippen LogP contribution in [0.15, 0.2) is 71.6 Å². The van der Waals surface area contributed by atoms with Gasteiger partial charge in [-0.25, -0.2) is 8.42 Å². The van der Waals surface area contributed by atoms with Crippen LogP contribution in [0.5, 0.6) is 11.5 Å². The third-order valence-corrected chi connectivity index (χ3v) is 8.53. The standard InChI is InChI=1S/C29H35N3O5S/c1-22-10-13-26(14-11-22)38(34,35)32(25-12-15-27(36-2)28(18-25)37-3)21-29(33)30-19-23-8-4-5-9-24(23)20-31-16-6-7-17-31/h4-5,8-15,18H,6-7,16-17,19-21H2,1-3H3,(H,30,33). The predicted molar refractivity (Wildman–Crippen MR) is 148 cm³/mol. The van der Waals surface area contributed by atoms with Crippen molar-refractivity contribution in [3.8, 4) is 11.5 Å². The highest BCUT2D eigenvalue weighted by molar-refractivity contribution is 7.92. The Labute approximate surface area is 225 Å². The Bertz CT molecular complexity index is 1350. The van der Waals surface area contributed by atoms with Gasteiger partial charge in [-0.1, -0.05) is 42.0 Å². The molecule has 1 aliphatic heterocycles. The van der Waals surface area contributed by atoms with Gasteiger partial charge in [-0.3, -0.25) is 14.0 Å². The number of methoxy groups -OCH3 is 2. The molecule has 1 saturated heterocycles. The van der Waals surface area contributed by atoms with Gasteiger partial charge in [-0.05, 0) is 68.2 Å². The number of nitrogens with zero attached hydrogens (tertiary/aromatic N) is 2. The molecule has 1 N–H and O–H groups in total. The van der Waals surface area contributed by atoms with Crippen LogP contribution < -0.4 is 19.1 Å². The number of rotatable bonds is 11. The summed E-state index contributed by atoms with van der Waals surface area (Å²) >= 11 is 0. The second-order valence-corrected chi connectivity index (χ2v) is 11.3. The Hall–Kier alpha value is -3.56. The van der Waals surface area contributed by atoms with Gasteiger partial charge in [0, 0.05) is 19.2 Å². The van der Waals surface area contributed by atoms with Crippen molar-refractivity contribution in [1.82, 2.24) is 10.2 Å². The van der Waals surface area contributed by atoms with Crippen molar-refractivity contribution in [2.45, 2.75) is 37.8 Å². The molecule has 0 aliphatic carbocycles. The van der Waals surface area contributed by atoms with Crippen LogP contribution in [-0.2, 0) is 27.9 Å². The fourth-order valence-corrected chi connectivity index (χ4v) is 5.99. The number of hydrogen-bond acceptors (Lipinski definition) is 6. The average molecular weight is 538 g/mol. The normalized spacial score (nSPS) is 13.8. The molecule has 9 heteroatoms. The SMILES string of the molecule is COc1ccc(N(CC(=O)NCc2ccccc2CN2CCCC2)S(=O)(=O)c2ccc(C)cc2)cc1OC. The lowest BCUT2D eigenvalue weighted by molar-refractivity contribution is -0.119. The molecule has 1 aliphatic rings. The number of benzene rings is 3. The van der Waals surface area contributed by atoms with Crippen LogP contribution in [0.25, 0.3) is 0 Å². The zero-order valence-electron chi connectivity index (χ0n) is 22.1. The van der Waals surface area contributed by atoms with Crippen molar-refractivity contribution in [2.75, 3.05) is 38.2 Å². The number of anilines is 1. The summed E-state index contributed by atoms with van der Waals surface area (Å²) < 4.78 is 39.2. The lowest BCUT2D eigenvalue weighted by Crippen LogP contribution is -2.40. The molecule has 1 heterocycles. The molecule has 3 aromatic rings. The zero-order chi connectivity index (χ0) is 27.1. The van der Waals surface area contributed by atoms with Crippen LogP contribution in [0.3, 0.4) is 0 Å². The molecule has 8 nitrogen and oxygen atoms in total. The molecule has 38 heavy (non-hydrogen) atoms. The van der Waals surface area contributed by atoms with E-state index in [4.69, 9.17) is 9.47 Å². The highest BCUT2D eigenvalue weighted by Crippen LogP contribution is 2.33. The molecule has 0 radical (unpaired) electrons. The van der Waals surface area contributed by atoms with E-state index in [1.165, 1.54) is 32.6 Å². The topological polar surface area (TPSA) is 88.2 Å². The fraction of sp³-hybridized carbons (Fsp3) is 0.345. The summed E-state index contributed by atoms with van der Waals surface area (Å²) in [5.41, 5.74) is 3.42. The first-order chi connectivity index (χ1) is 18.3. The van der Waals surface area contributed by atoms with Gasteiger partial charge in [0.2, 0.25) is 5.91 Å². The van der Waals surface area contributed by atoms with Crippen molar-refractivity contribution in [3.05, 3.63) is 83.4 Å². The first kappa shape index (κ1) is 27.5. The quantitative estimate of drug-likeness (QED) is 0.396. The van der Waals surface area contributed by atoms with Gasteiger partial charge >= 0.3 is 0 Å². The van der Waals surface area contributed by atoms with Crippen molar-refractivity contribution >= 4 is 21.6 Å². The summed E-state index contributed by atoms with van der Waals surface area (Å²) in [6.45, 7) is 4.81. The molecule has 0 aromatic heterocycles. The van der Waals surface area contributed by atoms with E-state index in [1.807, 2.05) is 25.1 Å². The Morgan fingerprint density at radius 3 is 2.24 bits per heavy atom. The van der Waals surface area contributed by atoms with E-state index in [0.717, 1.165) is 35.1 Å². The molecule has 0 atom stereocenters. The van der Waals surface area contributed by atoms with E-state index >= 15 is 0 Å². The van der Waals surface area contributed by atoms with Crippen LogP contribution in [-0.4, -0.2) is 53.1 Å². The summed E-state index contributed by atoms with van der Waals surface area (Å²) in [5, 5.41) is 2.93. The summed E-state index contributed by atoms with van der Waals surface area (Å²) in [7, 11) is -1.06. The van der Waals surface area contributed by atoms with Crippen LogP contribution in [0.2, 0.25) is 0 Å². The summed E-state index contributed by atoms with van der Waals surface area (Å²) in [6, 6.07) is 19.4. The average Bonchev–Trinajstić information content (AvgIpc) is 3.44. The van der Waals surface area contributed by atoms with E-state index in [1.54, 1.807) is 42.5 Å². The van der Waals surface area contributed by atoms with Crippen LogP contribution >= 0.6 is 0 Å². The highest BCUT2D eigenvalue weighted by atomic mass is 32.2. The van der Waals surface area contributed by atoms with E-state index < -0.39 is 15.9 Å². The Kier molecular flexibility index (Phi) is 8.91. The minimum atomic E-state index is -4.05. The van der Waals surface area contributed by atoms with Gasteiger partial charge in [0.05, 0.1) is 24.8 Å². The molecule has 202 valence electrons. The smallest absolute Gasteiger partial charge is 0.264 e. The molecular weight excluding hydrogens is 502 g/mol. The molecular formula is C29H35N3O5S. The number of carbonyl (C=O) groups excluding carboxylic acids is 1. The van der Waals surface area contributed by atoms with Gasteiger partial charge in [0.15, 0.2) is 11.5 Å². The van der Waals surface area contributed by atoms with Crippen LogP contribution in [0.4, 0.5) is 5.69 Å². The predicted octanol–water partition coefficient (Wildman–Crippen LogP) is 4.12. The molecule has 1 amide bonds. The Balaban J connectivity index is 1.57. The van der Waals surface area contributed by atoms with E-state index in [9.17, 15) is 13.2 Å². The lowest BCUT2D eigenvalue weighted by Gasteiger charge is -2.25. The molecule has 0 saturated carbocycles. The minimum Gasteiger partial charge on any atom is -0.493 e. The number of carbonyl (C=O) groups is 1. The van der Waals surface area contributed by atoms with E-state index in [0.29, 0.717) is 23.7 Å². The van der Waals surface area contributed by atoms with Gasteiger partial charge in [-0.2, -0.15) is 0 Å². The largest absolute Gasteiger partial charge is 0.493 e. The van der Waals surface area contributed by atoms with Crippen LogP contribution in [0, 0.1) is 6.92 Å². The van der Waals surface area contributed by atoms with Gasteiger partial charge in [0.1, 0.15) is 6.54 Å². The monoisotopic (exact) mass is 537 g/mol. The van der Waals surface area contributed by atoms with Crippen molar-refractivity contribution in [2.24, 2.45) is 0 Å². The molecule has 0 spiro atoms. The van der Waals surface area contributed by atoms with Crippen molar-refractivity contribution < 1.29 is 22.7 Å². The molecule has 4 rings (SSSR count). The Morgan fingerprint density at radius 2 is 1.58 bits per heavy atom. The summed E-state index contributed by atoms with van der Waals surface area (Å²) in [4.78, 5) is 15.7. The van der Waals surface area contributed by atoms with Gasteiger partial charge < -0.3 is 14.8 Å². The lowest BCUT2D eigenvalue weighted by atomic mass is 10.1. The number of likely N-dealkylation sites (tertiary alicyclic amines) is 1. The fourth-order valence-electron chi connectivity index (χ4n) is 4.58. The maximum Gasteiger partial charge on any atom is 0.264 e. The van der Waals surface area contributed by atoms with E-state index in [-0.39, 0.29) is 11.4 Å². The Morgan fingerprint density at radius 1 is 0.921 bits per heavy atom. The maximum atomic E-state index is 13.7. The van der Waals surface area contributed by atoms with Gasteiger partial charge in [-0.15, -0.1) is 0 Å². The second-order valence-electron chi connectivity index (χ2n) is 9.39. The third kappa shape index (κ3) is 6.46. The van der Waals surface area contributed by atoms with Crippen LogP contribution in [0.1, 0.15) is 29.5 Å². The minimum absolute atomic E-state index is 0.0987. The number of aryl methyl sites for hydroxylation is 1. The number of nitrogens with one attached hydrogen (secondary N) is 1. The molecule has 1 fully saturated rings. The first-order valence-corrected chi connectivity index (χ1v) is 14.1. The molecule has 0 unspecified atom stereocenters.